The number of esters is 1. The van der Waals surface area contributed by atoms with Gasteiger partial charge in [0.1, 0.15) is 11.9 Å². The summed E-state index contributed by atoms with van der Waals surface area (Å²) in [5.74, 6) is 1.15. The molecule has 7 heteroatoms. The van der Waals surface area contributed by atoms with Crippen molar-refractivity contribution in [2.45, 2.75) is 31.3 Å². The second-order valence-electron chi connectivity index (χ2n) is 7.62. The van der Waals surface area contributed by atoms with Crippen molar-refractivity contribution in [2.75, 3.05) is 40.0 Å². The number of aliphatic hydroxyl groups excluding tert-OH is 1. The van der Waals surface area contributed by atoms with Crippen LogP contribution in [0.3, 0.4) is 0 Å². The molecule has 27 heavy (non-hydrogen) atoms. The zero-order valence-electron chi connectivity index (χ0n) is 15.6. The predicted octanol–water partition coefficient (Wildman–Crippen LogP) is 1.30. The molecule has 1 N–H and O–H groups in total. The van der Waals surface area contributed by atoms with Crippen molar-refractivity contribution in [1.29, 1.82) is 0 Å². The molecule has 0 bridgehead atoms. The van der Waals surface area contributed by atoms with E-state index in [1.807, 2.05) is 0 Å². The smallest absolute Gasteiger partial charge is 0.337 e. The maximum Gasteiger partial charge on any atom is 0.337 e. The zero-order chi connectivity index (χ0) is 18.8. The van der Waals surface area contributed by atoms with Crippen LogP contribution in [0.4, 0.5) is 0 Å². The van der Waals surface area contributed by atoms with Gasteiger partial charge in [-0.1, -0.05) is 6.07 Å². The largest absolute Gasteiger partial charge is 0.488 e. The number of hydrogen-bond donors (Lipinski definition) is 1. The van der Waals surface area contributed by atoms with E-state index < -0.39 is 12.1 Å². The van der Waals surface area contributed by atoms with Crippen molar-refractivity contribution in [2.24, 2.45) is 11.8 Å². The first kappa shape index (κ1) is 18.7. The second-order valence-corrected chi connectivity index (χ2v) is 7.62. The molecule has 1 aromatic rings. The average molecular weight is 377 g/mol. The summed E-state index contributed by atoms with van der Waals surface area (Å²) in [6.07, 6.45) is 0.639. The lowest BCUT2D eigenvalue weighted by molar-refractivity contribution is -0.0593. The number of ether oxygens (including phenoxy) is 4. The Labute approximate surface area is 159 Å². The molecular weight excluding hydrogens is 350 g/mol. The topological polar surface area (TPSA) is 77.5 Å². The van der Waals surface area contributed by atoms with Crippen LogP contribution in [0.1, 0.15) is 23.2 Å². The SMILES string of the molecule is COC(=O)c1cccc(O[C@@H]2C[C@@H]3CN(CC4OCCO4)C[C@@H]3C[C@H]2O)c1. The van der Waals surface area contributed by atoms with Crippen LogP contribution in [-0.4, -0.2) is 74.4 Å². The Morgan fingerprint density at radius 3 is 2.70 bits per heavy atom. The van der Waals surface area contributed by atoms with Crippen LogP contribution in [0, 0.1) is 11.8 Å². The summed E-state index contributed by atoms with van der Waals surface area (Å²) < 4.78 is 21.9. The number of carbonyl (C=O) groups is 1. The van der Waals surface area contributed by atoms with Gasteiger partial charge in [-0.25, -0.2) is 4.79 Å². The van der Waals surface area contributed by atoms with Gasteiger partial charge in [-0.3, -0.25) is 4.90 Å². The highest BCUT2D eigenvalue weighted by Gasteiger charge is 2.43. The van der Waals surface area contributed by atoms with E-state index >= 15 is 0 Å². The van der Waals surface area contributed by atoms with Gasteiger partial charge >= 0.3 is 5.97 Å². The Bertz CT molecular complexity index is 662. The third kappa shape index (κ3) is 4.27. The maximum atomic E-state index is 11.7. The minimum absolute atomic E-state index is 0.122. The third-order valence-electron chi connectivity index (χ3n) is 5.80. The van der Waals surface area contributed by atoms with Gasteiger partial charge in [0, 0.05) is 19.6 Å². The Balaban J connectivity index is 1.36. The zero-order valence-corrected chi connectivity index (χ0v) is 15.6. The number of fused-ring (bicyclic) bond motifs is 1. The molecule has 148 valence electrons. The van der Waals surface area contributed by atoms with Crippen LogP contribution in [-0.2, 0) is 14.2 Å². The minimum atomic E-state index is -0.507. The van der Waals surface area contributed by atoms with Crippen LogP contribution in [0.25, 0.3) is 0 Å². The van der Waals surface area contributed by atoms with Crippen molar-refractivity contribution in [3.05, 3.63) is 29.8 Å². The highest BCUT2D eigenvalue weighted by atomic mass is 16.7. The molecule has 0 unspecified atom stereocenters. The minimum Gasteiger partial charge on any atom is -0.488 e. The fraction of sp³-hybridized carbons (Fsp3) is 0.650. The summed E-state index contributed by atoms with van der Waals surface area (Å²) >= 11 is 0. The lowest BCUT2D eigenvalue weighted by atomic mass is 9.78. The Hall–Kier alpha value is -1.67. The van der Waals surface area contributed by atoms with E-state index in [-0.39, 0.29) is 12.4 Å². The molecule has 7 nitrogen and oxygen atoms in total. The van der Waals surface area contributed by atoms with Crippen LogP contribution < -0.4 is 4.74 Å². The predicted molar refractivity (Wildman–Crippen MR) is 96.6 cm³/mol. The van der Waals surface area contributed by atoms with Gasteiger partial charge in [-0.05, 0) is 42.9 Å². The van der Waals surface area contributed by atoms with E-state index in [1.54, 1.807) is 24.3 Å². The number of methoxy groups -OCH3 is 1. The molecule has 0 amide bonds. The van der Waals surface area contributed by atoms with Crippen molar-refractivity contribution in [3.8, 4) is 5.75 Å². The van der Waals surface area contributed by atoms with Crippen molar-refractivity contribution < 1.29 is 28.8 Å². The lowest BCUT2D eigenvalue weighted by Crippen LogP contribution is -2.42. The van der Waals surface area contributed by atoms with E-state index in [1.165, 1.54) is 7.11 Å². The Morgan fingerprint density at radius 2 is 1.96 bits per heavy atom. The molecule has 2 heterocycles. The molecule has 3 fully saturated rings. The van der Waals surface area contributed by atoms with Crippen molar-refractivity contribution in [3.63, 3.8) is 0 Å². The van der Waals surface area contributed by atoms with Gasteiger partial charge < -0.3 is 24.1 Å². The van der Waals surface area contributed by atoms with Gasteiger partial charge in [0.15, 0.2) is 6.29 Å². The number of carbonyl (C=O) groups excluding carboxylic acids is 1. The van der Waals surface area contributed by atoms with Crippen molar-refractivity contribution >= 4 is 5.97 Å². The van der Waals surface area contributed by atoms with Crippen LogP contribution >= 0.6 is 0 Å². The van der Waals surface area contributed by atoms with Crippen LogP contribution in [0.5, 0.6) is 5.75 Å². The number of benzene rings is 1. The first-order valence-corrected chi connectivity index (χ1v) is 9.61. The molecule has 1 aliphatic carbocycles. The van der Waals surface area contributed by atoms with E-state index in [0.717, 1.165) is 32.5 Å². The molecule has 0 aromatic heterocycles. The first-order chi connectivity index (χ1) is 13.1. The molecule has 3 aliphatic rings. The summed E-state index contributed by atoms with van der Waals surface area (Å²) in [5, 5.41) is 10.6. The summed E-state index contributed by atoms with van der Waals surface area (Å²) in [6.45, 7) is 4.07. The van der Waals surface area contributed by atoms with Crippen LogP contribution in [0.15, 0.2) is 24.3 Å². The molecule has 2 saturated heterocycles. The highest BCUT2D eigenvalue weighted by molar-refractivity contribution is 5.89. The Kier molecular flexibility index (Phi) is 5.63. The summed E-state index contributed by atoms with van der Waals surface area (Å²) in [5.41, 5.74) is 0.446. The summed E-state index contributed by atoms with van der Waals surface area (Å²) in [4.78, 5) is 14.1. The lowest BCUT2D eigenvalue weighted by Gasteiger charge is -2.35. The quantitative estimate of drug-likeness (QED) is 0.775. The molecule has 0 spiro atoms. The normalized spacial score (nSPS) is 31.6. The maximum absolute atomic E-state index is 11.7. The van der Waals surface area contributed by atoms with Crippen molar-refractivity contribution in [1.82, 2.24) is 4.90 Å². The van der Waals surface area contributed by atoms with Gasteiger partial charge in [-0.15, -0.1) is 0 Å². The molecule has 4 rings (SSSR count). The molecule has 0 radical (unpaired) electrons. The van der Waals surface area contributed by atoms with E-state index in [0.29, 0.717) is 36.4 Å². The van der Waals surface area contributed by atoms with E-state index in [4.69, 9.17) is 18.9 Å². The standard InChI is InChI=1S/C20H27NO6/c1-24-20(23)13-3-2-4-16(7-13)27-18-9-15-11-21(10-14(15)8-17(18)22)12-19-25-5-6-26-19/h2-4,7,14-15,17-19,22H,5-6,8-12H2,1H3/t14-,15+,17+,18+/m0/s1. The number of rotatable bonds is 5. The monoisotopic (exact) mass is 377 g/mol. The average Bonchev–Trinajstić information content (AvgIpc) is 3.31. The fourth-order valence-electron chi connectivity index (χ4n) is 4.48. The molecular formula is C20H27NO6. The van der Waals surface area contributed by atoms with Gasteiger partial charge in [-0.2, -0.15) is 0 Å². The number of hydrogen-bond acceptors (Lipinski definition) is 7. The molecule has 2 aliphatic heterocycles. The van der Waals surface area contributed by atoms with E-state index in [9.17, 15) is 9.90 Å². The highest BCUT2D eigenvalue weighted by Crippen LogP contribution is 2.38. The molecule has 1 aromatic carbocycles. The second kappa shape index (κ2) is 8.14. The number of nitrogens with zero attached hydrogens (tertiary/aromatic N) is 1. The Morgan fingerprint density at radius 1 is 1.22 bits per heavy atom. The summed E-state index contributed by atoms with van der Waals surface area (Å²) in [6, 6.07) is 6.92. The number of likely N-dealkylation sites (tertiary alicyclic amines) is 1. The van der Waals surface area contributed by atoms with Gasteiger partial charge in [0.25, 0.3) is 0 Å². The summed E-state index contributed by atoms with van der Waals surface area (Å²) in [7, 11) is 1.36. The van der Waals surface area contributed by atoms with Gasteiger partial charge in [0.2, 0.25) is 0 Å². The van der Waals surface area contributed by atoms with Gasteiger partial charge in [0.05, 0.1) is 32.0 Å². The fourth-order valence-corrected chi connectivity index (χ4v) is 4.48. The molecule has 4 atom stereocenters. The number of aliphatic hydroxyl groups is 1. The van der Waals surface area contributed by atoms with E-state index in [2.05, 4.69) is 4.90 Å². The molecule has 1 saturated carbocycles. The van der Waals surface area contributed by atoms with Crippen LogP contribution in [0.2, 0.25) is 0 Å². The third-order valence-corrected chi connectivity index (χ3v) is 5.80. The first-order valence-electron chi connectivity index (χ1n) is 9.61.